The van der Waals surface area contributed by atoms with Crippen LogP contribution in [0.4, 0.5) is 0 Å². The summed E-state index contributed by atoms with van der Waals surface area (Å²) in [4.78, 5) is 6.55. The maximum Gasteiger partial charge on any atom is 0.241 e. The van der Waals surface area contributed by atoms with E-state index >= 15 is 0 Å². The minimum atomic E-state index is -0.223. The number of benzene rings is 1. The summed E-state index contributed by atoms with van der Waals surface area (Å²) in [6.07, 6.45) is 1.62. The molecular formula is C15H19N3O2. The predicted molar refractivity (Wildman–Crippen MR) is 75.0 cm³/mol. The monoisotopic (exact) mass is 273 g/mol. The first-order chi connectivity index (χ1) is 9.74. The molecule has 0 spiro atoms. The molecule has 106 valence electrons. The molecular weight excluding hydrogens is 254 g/mol. The molecule has 5 nitrogen and oxygen atoms in total. The topological polar surface area (TPSA) is 62.4 Å². The van der Waals surface area contributed by atoms with Gasteiger partial charge in [0.25, 0.3) is 0 Å². The summed E-state index contributed by atoms with van der Waals surface area (Å²) in [5.41, 5.74) is 2.27. The molecule has 0 unspecified atom stereocenters. The highest BCUT2D eigenvalue weighted by atomic mass is 16.5. The molecule has 1 saturated heterocycles. The molecule has 2 heterocycles. The van der Waals surface area contributed by atoms with Crippen molar-refractivity contribution in [1.82, 2.24) is 15.0 Å². The minimum Gasteiger partial charge on any atom is -0.392 e. The average molecular weight is 273 g/mol. The Balaban J connectivity index is 1.69. The Morgan fingerprint density at radius 3 is 2.80 bits per heavy atom. The van der Waals surface area contributed by atoms with E-state index in [0.29, 0.717) is 24.8 Å². The van der Waals surface area contributed by atoms with Crippen LogP contribution < -0.4 is 0 Å². The Bertz CT molecular complexity index is 565. The Morgan fingerprint density at radius 1 is 1.35 bits per heavy atom. The maximum atomic E-state index is 9.50. The minimum absolute atomic E-state index is 0.223. The highest BCUT2D eigenvalue weighted by Gasteiger charge is 2.22. The largest absolute Gasteiger partial charge is 0.392 e. The van der Waals surface area contributed by atoms with Gasteiger partial charge in [-0.05, 0) is 18.4 Å². The predicted octanol–water partition coefficient (Wildman–Crippen LogP) is 1.87. The van der Waals surface area contributed by atoms with Crippen LogP contribution in [0.25, 0.3) is 11.4 Å². The van der Waals surface area contributed by atoms with E-state index in [1.54, 1.807) is 0 Å². The van der Waals surface area contributed by atoms with Gasteiger partial charge in [-0.2, -0.15) is 4.98 Å². The molecule has 1 aliphatic heterocycles. The van der Waals surface area contributed by atoms with Crippen molar-refractivity contribution in [3.63, 3.8) is 0 Å². The fourth-order valence-corrected chi connectivity index (χ4v) is 2.47. The third-order valence-corrected chi connectivity index (χ3v) is 3.69. The molecule has 0 bridgehead atoms. The lowest BCUT2D eigenvalue weighted by Crippen LogP contribution is -2.21. The van der Waals surface area contributed by atoms with E-state index in [0.717, 1.165) is 24.9 Å². The normalized spacial score (nSPS) is 19.6. The van der Waals surface area contributed by atoms with E-state index in [1.807, 2.05) is 12.1 Å². The molecule has 0 radical (unpaired) electrons. The summed E-state index contributed by atoms with van der Waals surface area (Å²) in [5, 5.41) is 13.5. The standard InChI is InChI=1S/C15H19N3O2/c1-2-11-3-5-12(6-4-11)15-16-14(20-17-15)10-18-8-7-13(19)9-18/h3-6,13,19H,2,7-10H2,1H3/t13-/m0/s1. The van der Waals surface area contributed by atoms with Gasteiger partial charge in [0.05, 0.1) is 12.6 Å². The van der Waals surface area contributed by atoms with Crippen LogP contribution in [0.2, 0.25) is 0 Å². The number of aromatic nitrogens is 2. The number of aliphatic hydroxyl groups excluding tert-OH is 1. The molecule has 0 aliphatic carbocycles. The zero-order chi connectivity index (χ0) is 13.9. The summed E-state index contributed by atoms with van der Waals surface area (Å²) in [5.74, 6) is 1.23. The molecule has 0 saturated carbocycles. The number of hydrogen-bond donors (Lipinski definition) is 1. The van der Waals surface area contributed by atoms with Gasteiger partial charge in [0.2, 0.25) is 11.7 Å². The Kier molecular flexibility index (Phi) is 3.80. The average Bonchev–Trinajstić information content (AvgIpc) is 3.09. The quantitative estimate of drug-likeness (QED) is 0.921. The molecule has 0 amide bonds. The van der Waals surface area contributed by atoms with Gasteiger partial charge in [-0.15, -0.1) is 0 Å². The molecule has 1 aliphatic rings. The van der Waals surface area contributed by atoms with Gasteiger partial charge in [-0.25, -0.2) is 0 Å². The second-order valence-corrected chi connectivity index (χ2v) is 5.24. The Morgan fingerprint density at radius 2 is 2.15 bits per heavy atom. The fourth-order valence-electron chi connectivity index (χ4n) is 2.47. The van der Waals surface area contributed by atoms with Gasteiger partial charge in [0.15, 0.2) is 0 Å². The summed E-state index contributed by atoms with van der Waals surface area (Å²) in [6.45, 7) is 4.30. The van der Waals surface area contributed by atoms with Crippen LogP contribution in [0.5, 0.6) is 0 Å². The molecule has 1 atom stereocenters. The highest BCUT2D eigenvalue weighted by molar-refractivity contribution is 5.54. The molecule has 20 heavy (non-hydrogen) atoms. The second kappa shape index (κ2) is 5.73. The third kappa shape index (κ3) is 2.89. The second-order valence-electron chi connectivity index (χ2n) is 5.24. The van der Waals surface area contributed by atoms with Crippen LogP contribution in [0.1, 0.15) is 24.8 Å². The number of β-amino-alcohol motifs (C(OH)–C–C–N with tert-alkyl or cyclic N) is 1. The highest BCUT2D eigenvalue weighted by Crippen LogP contribution is 2.18. The van der Waals surface area contributed by atoms with Gasteiger partial charge >= 0.3 is 0 Å². The van der Waals surface area contributed by atoms with Crippen molar-refractivity contribution < 1.29 is 9.63 Å². The van der Waals surface area contributed by atoms with Crippen LogP contribution in [-0.2, 0) is 13.0 Å². The van der Waals surface area contributed by atoms with Crippen molar-refractivity contribution in [2.45, 2.75) is 32.4 Å². The zero-order valence-corrected chi connectivity index (χ0v) is 11.6. The van der Waals surface area contributed by atoms with E-state index in [2.05, 4.69) is 34.1 Å². The summed E-state index contributed by atoms with van der Waals surface area (Å²) < 4.78 is 5.29. The smallest absolute Gasteiger partial charge is 0.241 e. The number of aryl methyl sites for hydroxylation is 1. The van der Waals surface area contributed by atoms with Crippen LogP contribution in [0.15, 0.2) is 28.8 Å². The van der Waals surface area contributed by atoms with Crippen molar-refractivity contribution in [3.05, 3.63) is 35.7 Å². The summed E-state index contributed by atoms with van der Waals surface area (Å²) in [6, 6.07) is 8.21. The van der Waals surface area contributed by atoms with Crippen LogP contribution in [0, 0.1) is 0 Å². The molecule has 1 aromatic heterocycles. The van der Waals surface area contributed by atoms with Crippen molar-refractivity contribution in [3.8, 4) is 11.4 Å². The van der Waals surface area contributed by atoms with Gasteiger partial charge in [-0.1, -0.05) is 36.3 Å². The maximum absolute atomic E-state index is 9.50. The van der Waals surface area contributed by atoms with Crippen molar-refractivity contribution in [2.24, 2.45) is 0 Å². The first kappa shape index (κ1) is 13.3. The Labute approximate surface area is 118 Å². The molecule has 5 heteroatoms. The van der Waals surface area contributed by atoms with E-state index < -0.39 is 0 Å². The fraction of sp³-hybridized carbons (Fsp3) is 0.467. The lowest BCUT2D eigenvalue weighted by Gasteiger charge is -2.10. The van der Waals surface area contributed by atoms with Crippen LogP contribution in [0.3, 0.4) is 0 Å². The number of rotatable bonds is 4. The van der Waals surface area contributed by atoms with E-state index in [4.69, 9.17) is 4.52 Å². The van der Waals surface area contributed by atoms with E-state index in [-0.39, 0.29) is 6.10 Å². The Hall–Kier alpha value is -1.72. The number of likely N-dealkylation sites (tertiary alicyclic amines) is 1. The van der Waals surface area contributed by atoms with Crippen molar-refractivity contribution in [2.75, 3.05) is 13.1 Å². The van der Waals surface area contributed by atoms with Crippen molar-refractivity contribution >= 4 is 0 Å². The lowest BCUT2D eigenvalue weighted by molar-refractivity contribution is 0.169. The number of nitrogens with zero attached hydrogens (tertiary/aromatic N) is 3. The summed E-state index contributed by atoms with van der Waals surface area (Å²) in [7, 11) is 0. The van der Waals surface area contributed by atoms with Crippen LogP contribution in [-0.4, -0.2) is 39.3 Å². The molecule has 1 N–H and O–H groups in total. The van der Waals surface area contributed by atoms with Gasteiger partial charge < -0.3 is 9.63 Å². The SMILES string of the molecule is CCc1ccc(-c2noc(CN3CC[C@H](O)C3)n2)cc1. The van der Waals surface area contributed by atoms with E-state index in [1.165, 1.54) is 5.56 Å². The first-order valence-corrected chi connectivity index (χ1v) is 7.07. The molecule has 1 fully saturated rings. The zero-order valence-electron chi connectivity index (χ0n) is 11.6. The summed E-state index contributed by atoms with van der Waals surface area (Å²) >= 11 is 0. The van der Waals surface area contributed by atoms with Gasteiger partial charge in [0, 0.05) is 18.7 Å². The van der Waals surface area contributed by atoms with Crippen LogP contribution >= 0.6 is 0 Å². The number of aliphatic hydroxyl groups is 1. The molecule has 2 aromatic rings. The molecule has 3 rings (SSSR count). The van der Waals surface area contributed by atoms with Crippen molar-refractivity contribution in [1.29, 1.82) is 0 Å². The lowest BCUT2D eigenvalue weighted by atomic mass is 10.1. The van der Waals surface area contributed by atoms with Gasteiger partial charge in [0.1, 0.15) is 0 Å². The number of hydrogen-bond acceptors (Lipinski definition) is 5. The van der Waals surface area contributed by atoms with E-state index in [9.17, 15) is 5.11 Å². The molecule has 1 aromatic carbocycles. The first-order valence-electron chi connectivity index (χ1n) is 7.07. The third-order valence-electron chi connectivity index (χ3n) is 3.69. The van der Waals surface area contributed by atoms with Gasteiger partial charge in [-0.3, -0.25) is 4.90 Å².